The molecule has 0 aliphatic heterocycles. The second-order valence-corrected chi connectivity index (χ2v) is 6.60. The summed E-state index contributed by atoms with van der Waals surface area (Å²) in [6.45, 7) is 1.32. The van der Waals surface area contributed by atoms with Crippen LogP contribution in [0.25, 0.3) is 10.9 Å². The fourth-order valence-electron chi connectivity index (χ4n) is 3.07. The molecule has 0 saturated heterocycles. The average molecular weight is 370 g/mol. The zero-order chi connectivity index (χ0) is 19.2. The number of fused-ring (bicyclic) bond motifs is 1. The molecule has 0 bridgehead atoms. The van der Waals surface area contributed by atoms with Crippen molar-refractivity contribution in [2.24, 2.45) is 0 Å². The smallest absolute Gasteiger partial charge is 0.137 e. The fraction of sp³-hybridized carbons (Fsp3) is 0.130. The van der Waals surface area contributed by atoms with Gasteiger partial charge in [0.15, 0.2) is 0 Å². The highest BCUT2D eigenvalue weighted by molar-refractivity contribution is 5.91. The van der Waals surface area contributed by atoms with Crippen molar-refractivity contribution < 1.29 is 4.74 Å². The van der Waals surface area contributed by atoms with E-state index in [1.54, 1.807) is 6.33 Å². The van der Waals surface area contributed by atoms with Crippen LogP contribution in [0.2, 0.25) is 0 Å². The van der Waals surface area contributed by atoms with Crippen molar-refractivity contribution in [3.05, 3.63) is 90.3 Å². The maximum atomic E-state index is 5.91. The lowest BCUT2D eigenvalue weighted by molar-refractivity contribution is 0.306. The predicted molar refractivity (Wildman–Crippen MR) is 113 cm³/mol. The normalized spacial score (nSPS) is 10.7. The molecule has 1 aromatic heterocycles. The summed E-state index contributed by atoms with van der Waals surface area (Å²) in [5, 5.41) is 4.33. The van der Waals surface area contributed by atoms with Crippen LogP contribution in [0.5, 0.6) is 5.75 Å². The zero-order valence-electron chi connectivity index (χ0n) is 15.5. The van der Waals surface area contributed by atoms with Crippen LogP contribution >= 0.6 is 0 Å². The van der Waals surface area contributed by atoms with Gasteiger partial charge in [0.05, 0.1) is 5.52 Å². The Morgan fingerprint density at radius 1 is 0.857 bits per heavy atom. The number of nitrogens with one attached hydrogen (secondary N) is 1. The second kappa shape index (κ2) is 8.39. The average Bonchev–Trinajstić information content (AvgIpc) is 2.74. The third-order valence-electron chi connectivity index (χ3n) is 4.51. The Labute approximate surface area is 164 Å². The number of rotatable bonds is 7. The Bertz CT molecular complexity index is 1070. The molecule has 0 amide bonds. The molecule has 0 saturated carbocycles. The van der Waals surface area contributed by atoms with Crippen LogP contribution in [-0.2, 0) is 13.0 Å². The number of aromatic nitrogens is 2. The maximum absolute atomic E-state index is 5.91. The van der Waals surface area contributed by atoms with Gasteiger partial charge in [-0.05, 0) is 47.9 Å². The lowest BCUT2D eigenvalue weighted by Crippen LogP contribution is -2.07. The standard InChI is InChI=1S/C23H22N4O/c24-19-9-10-22-21(14-19)23(27-16-26-22)25-12-11-17-7-4-8-20(13-17)28-15-18-5-2-1-3-6-18/h1-10,13-14,16H,11-12,15,24H2,(H,25,26,27). The largest absolute Gasteiger partial charge is 0.489 e. The molecule has 0 atom stereocenters. The van der Waals surface area contributed by atoms with E-state index >= 15 is 0 Å². The van der Waals surface area contributed by atoms with Crippen LogP contribution in [0.15, 0.2) is 79.1 Å². The molecule has 3 aromatic carbocycles. The molecular weight excluding hydrogens is 348 g/mol. The number of nitrogens with zero attached hydrogens (tertiary/aromatic N) is 2. The van der Waals surface area contributed by atoms with Crippen LogP contribution < -0.4 is 15.8 Å². The van der Waals surface area contributed by atoms with Crippen LogP contribution in [0, 0.1) is 0 Å². The monoisotopic (exact) mass is 370 g/mol. The van der Waals surface area contributed by atoms with Gasteiger partial charge >= 0.3 is 0 Å². The molecule has 3 N–H and O–H groups in total. The Morgan fingerprint density at radius 3 is 2.61 bits per heavy atom. The van der Waals surface area contributed by atoms with Crippen molar-refractivity contribution >= 4 is 22.4 Å². The van der Waals surface area contributed by atoms with Crippen LogP contribution in [0.4, 0.5) is 11.5 Å². The van der Waals surface area contributed by atoms with E-state index in [-0.39, 0.29) is 0 Å². The van der Waals surface area contributed by atoms with Crippen LogP contribution in [0.3, 0.4) is 0 Å². The molecule has 0 aliphatic rings. The number of benzene rings is 3. The van der Waals surface area contributed by atoms with Gasteiger partial charge < -0.3 is 15.8 Å². The van der Waals surface area contributed by atoms with Crippen molar-refractivity contribution in [2.75, 3.05) is 17.6 Å². The third-order valence-corrected chi connectivity index (χ3v) is 4.51. The first-order chi connectivity index (χ1) is 13.8. The van der Waals surface area contributed by atoms with Crippen molar-refractivity contribution in [1.82, 2.24) is 9.97 Å². The molecule has 0 radical (unpaired) electrons. The van der Waals surface area contributed by atoms with Crippen LogP contribution in [0.1, 0.15) is 11.1 Å². The summed E-state index contributed by atoms with van der Waals surface area (Å²) >= 11 is 0. The van der Waals surface area contributed by atoms with E-state index in [9.17, 15) is 0 Å². The summed E-state index contributed by atoms with van der Waals surface area (Å²) in [7, 11) is 0. The van der Waals surface area contributed by atoms with E-state index in [4.69, 9.17) is 10.5 Å². The highest BCUT2D eigenvalue weighted by Gasteiger charge is 2.04. The van der Waals surface area contributed by atoms with Crippen LogP contribution in [-0.4, -0.2) is 16.5 Å². The summed E-state index contributed by atoms with van der Waals surface area (Å²) in [6.07, 6.45) is 2.43. The Balaban J connectivity index is 1.37. The van der Waals surface area contributed by atoms with Crippen molar-refractivity contribution in [2.45, 2.75) is 13.0 Å². The highest BCUT2D eigenvalue weighted by Crippen LogP contribution is 2.22. The van der Waals surface area contributed by atoms with E-state index < -0.39 is 0 Å². The topological polar surface area (TPSA) is 73.1 Å². The first-order valence-corrected chi connectivity index (χ1v) is 9.28. The summed E-state index contributed by atoms with van der Waals surface area (Å²) in [5.41, 5.74) is 9.84. The minimum Gasteiger partial charge on any atom is -0.489 e. The first-order valence-electron chi connectivity index (χ1n) is 9.28. The number of hydrogen-bond donors (Lipinski definition) is 2. The molecule has 0 spiro atoms. The number of nitrogen functional groups attached to an aromatic ring is 1. The lowest BCUT2D eigenvalue weighted by Gasteiger charge is -2.10. The van der Waals surface area contributed by atoms with E-state index in [1.165, 1.54) is 5.56 Å². The molecule has 5 nitrogen and oxygen atoms in total. The molecule has 1 heterocycles. The van der Waals surface area contributed by atoms with Crippen molar-refractivity contribution in [3.63, 3.8) is 0 Å². The maximum Gasteiger partial charge on any atom is 0.137 e. The van der Waals surface area contributed by atoms with E-state index in [0.29, 0.717) is 12.3 Å². The Morgan fingerprint density at radius 2 is 1.71 bits per heavy atom. The second-order valence-electron chi connectivity index (χ2n) is 6.60. The minimum atomic E-state index is 0.566. The Kier molecular flexibility index (Phi) is 5.33. The predicted octanol–water partition coefficient (Wildman–Crippen LogP) is 4.45. The lowest BCUT2D eigenvalue weighted by atomic mass is 10.1. The van der Waals surface area contributed by atoms with Gasteiger partial charge in [-0.3, -0.25) is 0 Å². The van der Waals surface area contributed by atoms with Gasteiger partial charge in [0.25, 0.3) is 0 Å². The van der Waals surface area contributed by atoms with Crippen molar-refractivity contribution in [3.8, 4) is 5.75 Å². The first kappa shape index (κ1) is 17.8. The number of hydrogen-bond acceptors (Lipinski definition) is 5. The quantitative estimate of drug-likeness (QED) is 0.470. The van der Waals surface area contributed by atoms with Gasteiger partial charge in [0.2, 0.25) is 0 Å². The summed E-state index contributed by atoms with van der Waals surface area (Å²) in [6, 6.07) is 24.0. The van der Waals surface area contributed by atoms with Gasteiger partial charge in [-0.25, -0.2) is 9.97 Å². The van der Waals surface area contributed by atoms with Gasteiger partial charge in [0, 0.05) is 17.6 Å². The third kappa shape index (κ3) is 4.38. The number of anilines is 2. The van der Waals surface area contributed by atoms with Crippen molar-refractivity contribution in [1.29, 1.82) is 0 Å². The van der Waals surface area contributed by atoms with E-state index in [1.807, 2.05) is 48.5 Å². The molecule has 5 heteroatoms. The summed E-state index contributed by atoms with van der Waals surface area (Å²) in [4.78, 5) is 8.64. The minimum absolute atomic E-state index is 0.566. The number of nitrogens with two attached hydrogens (primary N) is 1. The molecule has 140 valence electrons. The summed E-state index contributed by atoms with van der Waals surface area (Å²) in [5.74, 6) is 1.68. The molecule has 0 aliphatic carbocycles. The fourth-order valence-corrected chi connectivity index (χ4v) is 3.07. The van der Waals surface area contributed by atoms with Gasteiger partial charge in [0.1, 0.15) is 24.5 Å². The highest BCUT2D eigenvalue weighted by atomic mass is 16.5. The summed E-state index contributed by atoms with van der Waals surface area (Å²) < 4.78 is 5.91. The molecule has 0 unspecified atom stereocenters. The molecule has 4 rings (SSSR count). The number of ether oxygens (including phenoxy) is 1. The Hall–Kier alpha value is -3.60. The molecular formula is C23H22N4O. The SMILES string of the molecule is Nc1ccc2ncnc(NCCc3cccc(OCc4ccccc4)c3)c2c1. The zero-order valence-corrected chi connectivity index (χ0v) is 15.5. The van der Waals surface area contributed by atoms with E-state index in [0.717, 1.165) is 41.0 Å². The van der Waals surface area contributed by atoms with Gasteiger partial charge in [-0.1, -0.05) is 42.5 Å². The molecule has 0 fully saturated rings. The van der Waals surface area contributed by atoms with Gasteiger partial charge in [-0.15, -0.1) is 0 Å². The van der Waals surface area contributed by atoms with Gasteiger partial charge in [-0.2, -0.15) is 0 Å². The molecule has 28 heavy (non-hydrogen) atoms. The van der Waals surface area contributed by atoms with E-state index in [2.05, 4.69) is 39.6 Å². The molecule has 4 aromatic rings.